The summed E-state index contributed by atoms with van der Waals surface area (Å²) in [5.74, 6) is -2.22. The highest BCUT2D eigenvalue weighted by Gasteiger charge is 2.36. The number of carbonyl (C=O) groups is 3. The van der Waals surface area contributed by atoms with E-state index in [1.54, 1.807) is 0 Å². The zero-order valence-electron chi connectivity index (χ0n) is 24.1. The number of nitrogens with two attached hydrogens (primary N) is 1. The molecule has 0 saturated carbocycles. The summed E-state index contributed by atoms with van der Waals surface area (Å²) in [6, 6.07) is 24.3. The number of hydrogen-bond acceptors (Lipinski definition) is 8. The van der Waals surface area contributed by atoms with Crippen LogP contribution in [0.25, 0.3) is 43.1 Å². The van der Waals surface area contributed by atoms with E-state index in [2.05, 4.69) is 66.0 Å². The first-order chi connectivity index (χ1) is 22.2. The summed E-state index contributed by atoms with van der Waals surface area (Å²) in [5.41, 5.74) is 4.54. The van der Waals surface area contributed by atoms with Gasteiger partial charge in [-0.2, -0.15) is 16.8 Å². The molecule has 0 unspecified atom stereocenters. The van der Waals surface area contributed by atoms with Crippen LogP contribution in [0.4, 0.5) is 5.69 Å². The van der Waals surface area contributed by atoms with E-state index in [1.165, 1.54) is 32.3 Å². The van der Waals surface area contributed by atoms with Gasteiger partial charge in [-0.1, -0.05) is 83.3 Å². The number of halogens is 1. The number of amides is 3. The SMILES string of the molecule is Nc1c(S(=O)(=O)O)cc2c3c(cc(S(=O)(=O)O)cc13)C(=O)N(CCNC(=O)CI)C2=O.c1cc2ccc3cccc4ccc(c1)c2c34. The lowest BCUT2D eigenvalue weighted by molar-refractivity contribution is -0.118. The molecule has 12 nitrogen and oxygen atoms in total. The Hall–Kier alpha value is -4.42. The van der Waals surface area contributed by atoms with Gasteiger partial charge in [-0.05, 0) is 50.5 Å². The summed E-state index contributed by atoms with van der Waals surface area (Å²) < 4.78 is 65.9. The molecular formula is C32H24IN3O9S2. The molecule has 1 aliphatic heterocycles. The van der Waals surface area contributed by atoms with Gasteiger partial charge in [0.1, 0.15) is 4.90 Å². The van der Waals surface area contributed by atoms with Crippen LogP contribution in [0, 0.1) is 0 Å². The number of carbonyl (C=O) groups excluding carboxylic acids is 3. The van der Waals surface area contributed by atoms with Crippen molar-refractivity contribution in [2.75, 3.05) is 23.3 Å². The van der Waals surface area contributed by atoms with Crippen molar-refractivity contribution in [2.45, 2.75) is 9.79 Å². The molecule has 3 amide bonds. The van der Waals surface area contributed by atoms with Crippen LogP contribution in [0.1, 0.15) is 20.7 Å². The summed E-state index contributed by atoms with van der Waals surface area (Å²) >= 11 is 1.81. The van der Waals surface area contributed by atoms with Crippen molar-refractivity contribution in [1.82, 2.24) is 10.2 Å². The third-order valence-corrected chi connectivity index (χ3v) is 10.3. The third-order valence-electron chi connectivity index (χ3n) is 7.91. The minimum absolute atomic E-state index is 0.115. The topological polar surface area (TPSA) is 201 Å². The Labute approximate surface area is 281 Å². The van der Waals surface area contributed by atoms with Crippen molar-refractivity contribution in [3.8, 4) is 0 Å². The number of nitrogens with zero attached hydrogens (tertiary/aromatic N) is 1. The van der Waals surface area contributed by atoms with E-state index in [4.69, 9.17) is 5.73 Å². The Morgan fingerprint density at radius 3 is 1.68 bits per heavy atom. The number of nitrogens with one attached hydrogen (secondary N) is 1. The van der Waals surface area contributed by atoms with Gasteiger partial charge in [0, 0.05) is 23.9 Å². The molecule has 6 aromatic carbocycles. The minimum atomic E-state index is -4.93. The van der Waals surface area contributed by atoms with Crippen LogP contribution in [0.2, 0.25) is 0 Å². The van der Waals surface area contributed by atoms with Gasteiger partial charge in [0.25, 0.3) is 32.1 Å². The fourth-order valence-electron chi connectivity index (χ4n) is 5.84. The molecule has 6 aromatic rings. The molecule has 1 heterocycles. The Balaban J connectivity index is 0.000000199. The normalized spacial score (nSPS) is 13.4. The molecule has 7 rings (SSSR count). The average molecular weight is 786 g/mol. The van der Waals surface area contributed by atoms with Crippen LogP contribution in [-0.2, 0) is 25.0 Å². The molecular weight excluding hydrogens is 761 g/mol. The Morgan fingerprint density at radius 2 is 1.23 bits per heavy atom. The molecule has 0 fully saturated rings. The fourth-order valence-corrected chi connectivity index (χ4v) is 7.30. The van der Waals surface area contributed by atoms with E-state index in [9.17, 15) is 40.3 Å². The van der Waals surface area contributed by atoms with Crippen LogP contribution >= 0.6 is 22.6 Å². The van der Waals surface area contributed by atoms with Crippen LogP contribution in [0.3, 0.4) is 0 Å². The molecule has 1 aliphatic rings. The maximum absolute atomic E-state index is 12.9. The van der Waals surface area contributed by atoms with Gasteiger partial charge in [0.2, 0.25) is 5.91 Å². The first-order valence-electron chi connectivity index (χ1n) is 13.9. The van der Waals surface area contributed by atoms with Crippen LogP contribution in [-0.4, -0.2) is 66.1 Å². The first-order valence-corrected chi connectivity index (χ1v) is 18.3. The molecule has 15 heteroatoms. The molecule has 0 aliphatic carbocycles. The highest BCUT2D eigenvalue weighted by molar-refractivity contribution is 14.1. The van der Waals surface area contributed by atoms with Gasteiger partial charge in [0.05, 0.1) is 26.1 Å². The molecule has 0 bridgehead atoms. The number of imide groups is 1. The smallest absolute Gasteiger partial charge is 0.296 e. The summed E-state index contributed by atoms with van der Waals surface area (Å²) in [5, 5.41) is 10.2. The number of benzene rings is 6. The Kier molecular flexibility index (Phi) is 8.29. The zero-order valence-corrected chi connectivity index (χ0v) is 27.9. The average Bonchev–Trinajstić information content (AvgIpc) is 3.03. The number of alkyl halides is 1. The van der Waals surface area contributed by atoms with E-state index in [0.717, 1.165) is 18.2 Å². The molecule has 0 aromatic heterocycles. The van der Waals surface area contributed by atoms with Gasteiger partial charge in [0.15, 0.2) is 0 Å². The number of hydrogen-bond donors (Lipinski definition) is 4. The van der Waals surface area contributed by atoms with Crippen LogP contribution in [0.15, 0.2) is 88.7 Å². The van der Waals surface area contributed by atoms with Gasteiger partial charge in [-0.15, -0.1) is 0 Å². The van der Waals surface area contributed by atoms with Crippen molar-refractivity contribution in [3.05, 3.63) is 90.0 Å². The van der Waals surface area contributed by atoms with Gasteiger partial charge >= 0.3 is 0 Å². The largest absolute Gasteiger partial charge is 0.397 e. The van der Waals surface area contributed by atoms with Crippen molar-refractivity contribution in [3.63, 3.8) is 0 Å². The summed E-state index contributed by atoms with van der Waals surface area (Å²) in [6.07, 6.45) is 0. The lowest BCUT2D eigenvalue weighted by Crippen LogP contribution is -2.45. The van der Waals surface area contributed by atoms with Crippen molar-refractivity contribution >= 4 is 109 Å². The lowest BCUT2D eigenvalue weighted by atomic mass is 9.93. The highest BCUT2D eigenvalue weighted by atomic mass is 127. The zero-order chi connectivity index (χ0) is 33.8. The van der Waals surface area contributed by atoms with E-state index in [1.807, 2.05) is 22.6 Å². The van der Waals surface area contributed by atoms with Crippen molar-refractivity contribution in [2.24, 2.45) is 0 Å². The monoisotopic (exact) mass is 785 g/mol. The molecule has 240 valence electrons. The van der Waals surface area contributed by atoms with Gasteiger partial charge < -0.3 is 11.1 Å². The molecule has 0 atom stereocenters. The van der Waals surface area contributed by atoms with E-state index >= 15 is 0 Å². The summed E-state index contributed by atoms with van der Waals surface area (Å²) in [4.78, 5) is 36.3. The quantitative estimate of drug-likeness (QED) is 0.0460. The minimum Gasteiger partial charge on any atom is -0.397 e. The van der Waals surface area contributed by atoms with E-state index in [-0.39, 0.29) is 45.3 Å². The number of nitrogen functional groups attached to an aromatic ring is 1. The second-order valence-corrected chi connectivity index (χ2v) is 14.3. The molecule has 5 N–H and O–H groups in total. The highest BCUT2D eigenvalue weighted by Crippen LogP contribution is 2.39. The Bertz CT molecular complexity index is 2370. The van der Waals surface area contributed by atoms with Gasteiger partial charge in [-0.3, -0.25) is 28.4 Å². The fraction of sp³-hybridized carbons (Fsp3) is 0.0938. The van der Waals surface area contributed by atoms with Crippen LogP contribution in [0.5, 0.6) is 0 Å². The second kappa shape index (κ2) is 12.0. The third kappa shape index (κ3) is 5.84. The predicted octanol–water partition coefficient (Wildman–Crippen LogP) is 4.65. The molecule has 0 saturated heterocycles. The van der Waals surface area contributed by atoms with Crippen molar-refractivity contribution < 1.29 is 40.3 Å². The van der Waals surface area contributed by atoms with E-state index in [0.29, 0.717) is 4.90 Å². The maximum Gasteiger partial charge on any atom is 0.296 e. The summed E-state index contributed by atoms with van der Waals surface area (Å²) in [7, 11) is -9.78. The second-order valence-electron chi connectivity index (χ2n) is 10.7. The number of anilines is 1. The van der Waals surface area contributed by atoms with Gasteiger partial charge in [-0.25, -0.2) is 0 Å². The predicted molar refractivity (Wildman–Crippen MR) is 185 cm³/mol. The molecule has 47 heavy (non-hydrogen) atoms. The molecule has 0 spiro atoms. The maximum atomic E-state index is 12.9. The van der Waals surface area contributed by atoms with Crippen LogP contribution < -0.4 is 11.1 Å². The number of rotatable bonds is 6. The van der Waals surface area contributed by atoms with Crippen molar-refractivity contribution in [1.29, 1.82) is 0 Å². The van der Waals surface area contributed by atoms with E-state index < -0.39 is 47.5 Å². The summed E-state index contributed by atoms with van der Waals surface area (Å²) in [6.45, 7) is -0.418. The lowest BCUT2D eigenvalue weighted by Gasteiger charge is -2.28. The Morgan fingerprint density at radius 1 is 0.745 bits per heavy atom. The standard InChI is InChI=1S/C16H14IN3O9S2.C16H10/c17-6-12(21)19-1-2-20-15(22)9-4-7(30(24,25)26)3-8-13(9)10(16(20)23)5-11(14(8)18)31(27,28)29;1-3-11-7-9-13-5-2-6-14-10-8-12(4-1)15(11)16(13)14/h3-5H,1-2,6,18H2,(H,19,21)(H,24,25,26)(H,27,28,29);1-10H. The molecule has 0 radical (unpaired) electrons. The first kappa shape index (κ1) is 32.5.